The van der Waals surface area contributed by atoms with E-state index in [-0.39, 0.29) is 35.7 Å². The van der Waals surface area contributed by atoms with Crippen LogP contribution < -0.4 is 15.4 Å². The Balaban J connectivity index is 1.47. The number of phenols is 1. The predicted molar refractivity (Wildman–Crippen MR) is 179 cm³/mol. The van der Waals surface area contributed by atoms with Gasteiger partial charge in [0.25, 0.3) is 0 Å². The van der Waals surface area contributed by atoms with Gasteiger partial charge in [-0.1, -0.05) is 55.2 Å². The Bertz CT molecular complexity index is 1600. The summed E-state index contributed by atoms with van der Waals surface area (Å²) in [7, 11) is 1.49. The van der Waals surface area contributed by atoms with E-state index in [1.807, 2.05) is 0 Å². The molecule has 8 heteroatoms. The van der Waals surface area contributed by atoms with Crippen LogP contribution in [0.2, 0.25) is 0 Å². The van der Waals surface area contributed by atoms with Crippen LogP contribution in [-0.4, -0.2) is 48.1 Å². The Labute approximate surface area is 272 Å². The zero-order chi connectivity index (χ0) is 32.5. The van der Waals surface area contributed by atoms with Crippen LogP contribution in [-0.2, 0) is 27.2 Å². The summed E-state index contributed by atoms with van der Waals surface area (Å²) >= 11 is 0. The van der Waals surface area contributed by atoms with Gasteiger partial charge in [0.05, 0.1) is 25.4 Å². The van der Waals surface area contributed by atoms with E-state index in [4.69, 9.17) is 9.47 Å². The molecular weight excluding hydrogens is 578 g/mol. The van der Waals surface area contributed by atoms with Crippen LogP contribution in [0.25, 0.3) is 0 Å². The highest BCUT2D eigenvalue weighted by molar-refractivity contribution is 5.81. The van der Waals surface area contributed by atoms with Crippen LogP contribution in [0, 0.1) is 23.2 Å². The van der Waals surface area contributed by atoms with E-state index < -0.39 is 18.0 Å². The highest BCUT2D eigenvalue weighted by Gasteiger charge is 2.36. The number of methoxy groups -OCH3 is 1. The van der Waals surface area contributed by atoms with Crippen LogP contribution >= 0.6 is 0 Å². The quantitative estimate of drug-likeness (QED) is 0.254. The summed E-state index contributed by atoms with van der Waals surface area (Å²) in [5.41, 5.74) is 4.45. The number of hydrogen-bond acceptors (Lipinski definition) is 7. The number of hydrogen-bond donors (Lipinski definition) is 4. The second-order valence-electron chi connectivity index (χ2n) is 12.5. The van der Waals surface area contributed by atoms with E-state index in [0.29, 0.717) is 18.7 Å². The number of nitrogens with one attached hydrogen (secondary N) is 3. The Hall–Kier alpha value is -4.64. The van der Waals surface area contributed by atoms with Crippen molar-refractivity contribution in [3.63, 3.8) is 0 Å². The topological polar surface area (TPSA) is 113 Å². The highest BCUT2D eigenvalue weighted by Crippen LogP contribution is 2.43. The number of benzene rings is 1. The molecular formula is C38H45N3O5. The molecule has 0 amide bonds. The van der Waals surface area contributed by atoms with E-state index in [1.54, 1.807) is 18.2 Å². The van der Waals surface area contributed by atoms with Gasteiger partial charge >= 0.3 is 5.97 Å². The lowest BCUT2D eigenvalue weighted by atomic mass is 9.66. The monoisotopic (exact) mass is 623 g/mol. The molecule has 4 atom stereocenters. The number of ether oxygens (including phenoxy) is 2. The summed E-state index contributed by atoms with van der Waals surface area (Å²) in [5, 5.41) is 16.9. The van der Waals surface area contributed by atoms with Crippen molar-refractivity contribution >= 4 is 11.8 Å². The molecule has 8 nitrogen and oxygen atoms in total. The van der Waals surface area contributed by atoms with Crippen LogP contribution in [0.4, 0.5) is 0 Å². The van der Waals surface area contributed by atoms with E-state index in [9.17, 15) is 14.7 Å². The first-order chi connectivity index (χ1) is 22.2. The lowest BCUT2D eigenvalue weighted by molar-refractivity contribution is -0.148. The smallest absolute Gasteiger partial charge is 0.302 e. The average molecular weight is 624 g/mol. The molecule has 2 bridgehead atoms. The molecule has 3 aliphatic rings. The normalized spacial score (nSPS) is 25.5. The van der Waals surface area contributed by atoms with Gasteiger partial charge in [0.15, 0.2) is 11.5 Å². The summed E-state index contributed by atoms with van der Waals surface area (Å²) in [6.07, 6.45) is 21.1. The first kappa shape index (κ1) is 32.7. The van der Waals surface area contributed by atoms with Crippen LogP contribution in [0.1, 0.15) is 68.6 Å². The summed E-state index contributed by atoms with van der Waals surface area (Å²) in [6.45, 7) is 4.78. The molecule has 2 aliphatic heterocycles. The van der Waals surface area contributed by atoms with E-state index in [0.717, 1.165) is 43.6 Å². The third-order valence-electron chi connectivity index (χ3n) is 9.36. The first-order valence-electron chi connectivity index (χ1n) is 16.2. The molecule has 0 saturated carbocycles. The van der Waals surface area contributed by atoms with Gasteiger partial charge in [-0.2, -0.15) is 0 Å². The zero-order valence-electron chi connectivity index (χ0n) is 27.0. The zero-order valence-corrected chi connectivity index (χ0v) is 27.0. The number of phenolic OH excluding ortho intramolecular Hbond substituents is 1. The molecule has 0 radical (unpaired) electrons. The van der Waals surface area contributed by atoms with Gasteiger partial charge in [-0.05, 0) is 83.9 Å². The van der Waals surface area contributed by atoms with E-state index >= 15 is 0 Å². The summed E-state index contributed by atoms with van der Waals surface area (Å²) in [6, 6.07) is 5.05. The number of carbonyl (C=O) groups excluding carboxylic acids is 2. The second kappa shape index (κ2) is 15.1. The number of aryl methyl sites for hydroxylation is 1. The van der Waals surface area contributed by atoms with Crippen molar-refractivity contribution < 1.29 is 24.2 Å². The number of esters is 1. The number of H-pyrrole nitrogens is 1. The van der Waals surface area contributed by atoms with Crippen molar-refractivity contribution in [3.05, 3.63) is 95.1 Å². The van der Waals surface area contributed by atoms with Gasteiger partial charge in [0.2, 0.25) is 0 Å². The molecule has 0 saturated heterocycles. The van der Waals surface area contributed by atoms with Crippen molar-refractivity contribution in [1.29, 1.82) is 0 Å². The molecule has 4 unspecified atom stereocenters. The van der Waals surface area contributed by atoms with Crippen LogP contribution in [0.15, 0.2) is 78.4 Å². The molecule has 3 heterocycles. The third-order valence-corrected chi connectivity index (χ3v) is 9.36. The van der Waals surface area contributed by atoms with Gasteiger partial charge in [-0.3, -0.25) is 9.59 Å². The van der Waals surface area contributed by atoms with Crippen LogP contribution in [0.3, 0.4) is 0 Å². The minimum Gasteiger partial charge on any atom is -0.504 e. The SMILES string of the molecule is COc1cc(C2C#CCNC3=CC(=CCN3)CCc3c[nH]cc3CC3(C=CC=CC3C)CCC(OC(C)=O)CC(=O)C2)ccc1O. The van der Waals surface area contributed by atoms with Gasteiger partial charge < -0.3 is 30.2 Å². The maximum atomic E-state index is 13.7. The number of aromatic amines is 1. The van der Waals surface area contributed by atoms with Gasteiger partial charge in [-0.25, -0.2) is 0 Å². The molecule has 1 aromatic heterocycles. The Kier molecular flexibility index (Phi) is 10.7. The van der Waals surface area contributed by atoms with Crippen molar-refractivity contribution in [1.82, 2.24) is 15.6 Å². The number of rotatable bonds is 3. The second-order valence-corrected chi connectivity index (χ2v) is 12.5. The predicted octanol–water partition coefficient (Wildman–Crippen LogP) is 5.78. The molecule has 1 spiro atoms. The standard InChI is InChI=1S/C38H45N3O5/c1-26-7-4-5-15-38(26)16-13-34(46-27(2)42)22-33(43)20-29(30-11-12-35(44)36(21-30)45-3)8-6-17-40-37-19-28(14-18-41-37)9-10-31-24-39-25-32(31)23-38/h4-5,7,11-12,14-15,19,21,24-26,29,34,39-41,44H,9-10,13,16-18,20,22-23H2,1-3H3. The summed E-state index contributed by atoms with van der Waals surface area (Å²) in [4.78, 5) is 29.2. The van der Waals surface area contributed by atoms with Crippen molar-refractivity contribution in [3.8, 4) is 23.3 Å². The molecule has 1 aromatic carbocycles. The fourth-order valence-electron chi connectivity index (χ4n) is 6.68. The van der Waals surface area contributed by atoms with Crippen LogP contribution in [0.5, 0.6) is 11.5 Å². The molecule has 0 fully saturated rings. The third kappa shape index (κ3) is 8.33. The van der Waals surface area contributed by atoms with Gasteiger partial charge in [-0.15, -0.1) is 0 Å². The fourth-order valence-corrected chi connectivity index (χ4v) is 6.68. The van der Waals surface area contributed by atoms with Gasteiger partial charge in [0, 0.05) is 38.7 Å². The van der Waals surface area contributed by atoms with Crippen molar-refractivity contribution in [2.45, 2.75) is 70.8 Å². The number of ketones is 1. The first-order valence-corrected chi connectivity index (χ1v) is 16.2. The minimum absolute atomic E-state index is 0.0229. The Morgan fingerprint density at radius 1 is 1.11 bits per heavy atom. The number of Topliss-reactive ketones (excluding diaryl/α,β-unsaturated/α-hetero) is 1. The maximum Gasteiger partial charge on any atom is 0.302 e. The number of fused-ring (bicyclic) bond motifs is 2. The molecule has 4 N–H and O–H groups in total. The highest BCUT2D eigenvalue weighted by atomic mass is 16.5. The van der Waals surface area contributed by atoms with E-state index in [1.165, 1.54) is 30.7 Å². The fraction of sp³-hybridized carbons (Fsp3) is 0.421. The lowest BCUT2D eigenvalue weighted by Gasteiger charge is -2.38. The molecule has 1 aliphatic carbocycles. The number of aromatic hydroxyl groups is 1. The molecule has 242 valence electrons. The number of allylic oxidation sites excluding steroid dienone is 6. The largest absolute Gasteiger partial charge is 0.504 e. The van der Waals surface area contributed by atoms with E-state index in [2.05, 4.69) is 83.2 Å². The lowest BCUT2D eigenvalue weighted by Crippen LogP contribution is -2.32. The maximum absolute atomic E-state index is 13.7. The number of aromatic nitrogens is 1. The van der Waals surface area contributed by atoms with Crippen molar-refractivity contribution in [2.24, 2.45) is 11.3 Å². The van der Waals surface area contributed by atoms with Gasteiger partial charge in [0.1, 0.15) is 11.9 Å². The summed E-state index contributed by atoms with van der Waals surface area (Å²) in [5.74, 6) is 7.16. The summed E-state index contributed by atoms with van der Waals surface area (Å²) < 4.78 is 11.1. The Morgan fingerprint density at radius 3 is 2.76 bits per heavy atom. The van der Waals surface area contributed by atoms with Crippen molar-refractivity contribution in [2.75, 3.05) is 20.2 Å². The molecule has 2 aromatic rings. The number of carbonyl (C=O) groups is 2. The molecule has 5 rings (SSSR count). The average Bonchev–Trinajstić information content (AvgIpc) is 3.48. The Morgan fingerprint density at radius 2 is 1.96 bits per heavy atom. The molecule has 46 heavy (non-hydrogen) atoms. The minimum atomic E-state index is -0.543. The number of dihydropyridines is 1.